The third kappa shape index (κ3) is 6.50. The number of nitrogens with one attached hydrogen (secondary N) is 2. The van der Waals surface area contributed by atoms with Gasteiger partial charge in [0.15, 0.2) is 11.7 Å². The van der Waals surface area contributed by atoms with Crippen LogP contribution in [0.2, 0.25) is 0 Å². The molecule has 0 saturated heterocycles. The lowest BCUT2D eigenvalue weighted by Crippen LogP contribution is -2.40. The van der Waals surface area contributed by atoms with E-state index in [1.165, 1.54) is 12.1 Å². The van der Waals surface area contributed by atoms with E-state index < -0.39 is 15.6 Å². The molecule has 0 bridgehead atoms. The van der Waals surface area contributed by atoms with Gasteiger partial charge in [0.1, 0.15) is 0 Å². The van der Waals surface area contributed by atoms with Gasteiger partial charge in [-0.15, -0.1) is 0 Å². The lowest BCUT2D eigenvalue weighted by atomic mass is 10.1. The summed E-state index contributed by atoms with van der Waals surface area (Å²) < 4.78 is 33.3. The maximum atomic E-state index is 12.5. The van der Waals surface area contributed by atoms with Crippen molar-refractivity contribution in [2.45, 2.75) is 51.0 Å². The molecule has 0 radical (unpaired) electrons. The van der Waals surface area contributed by atoms with Gasteiger partial charge in [0.2, 0.25) is 15.9 Å². The number of carbonyl (C=O) groups is 1. The van der Waals surface area contributed by atoms with Crippen LogP contribution in [-0.2, 0) is 21.2 Å². The number of oxazole rings is 1. The van der Waals surface area contributed by atoms with Crippen molar-refractivity contribution < 1.29 is 17.6 Å². The van der Waals surface area contributed by atoms with Crippen molar-refractivity contribution in [1.82, 2.24) is 9.71 Å². The molecule has 0 atom stereocenters. The zero-order valence-corrected chi connectivity index (χ0v) is 18.9. The molecule has 3 rings (SSSR count). The first-order valence-electron chi connectivity index (χ1n) is 9.97. The zero-order valence-electron chi connectivity index (χ0n) is 18.1. The Kier molecular flexibility index (Phi) is 6.62. The summed E-state index contributed by atoms with van der Waals surface area (Å²) in [5, 5.41) is 2.73. The van der Waals surface area contributed by atoms with E-state index in [0.29, 0.717) is 23.8 Å². The second-order valence-electron chi connectivity index (χ2n) is 8.42. The maximum absolute atomic E-state index is 12.5. The van der Waals surface area contributed by atoms with Crippen molar-refractivity contribution >= 4 is 21.6 Å². The summed E-state index contributed by atoms with van der Waals surface area (Å²) in [6.45, 7) is 7.32. The Balaban J connectivity index is 1.60. The number of aryl methyl sites for hydroxylation is 2. The number of carbonyl (C=O) groups excluding carboxylic acids is 1. The van der Waals surface area contributed by atoms with E-state index in [0.717, 1.165) is 11.1 Å². The predicted octanol–water partition coefficient (Wildman–Crippen LogP) is 4.30. The van der Waals surface area contributed by atoms with Crippen molar-refractivity contribution in [2.24, 2.45) is 0 Å². The summed E-state index contributed by atoms with van der Waals surface area (Å²) in [6.07, 6.45) is 2.14. The molecule has 0 aliphatic carbocycles. The van der Waals surface area contributed by atoms with Crippen molar-refractivity contribution in [2.75, 3.05) is 5.32 Å². The topological polar surface area (TPSA) is 101 Å². The number of nitrogens with zero attached hydrogens (tertiary/aromatic N) is 1. The summed E-state index contributed by atoms with van der Waals surface area (Å²) in [7, 11) is -3.68. The minimum Gasteiger partial charge on any atom is -0.441 e. The van der Waals surface area contributed by atoms with Gasteiger partial charge in [-0.05, 0) is 45.9 Å². The number of benzene rings is 2. The van der Waals surface area contributed by atoms with Crippen molar-refractivity contribution in [1.29, 1.82) is 0 Å². The lowest BCUT2D eigenvalue weighted by molar-refractivity contribution is -0.116. The van der Waals surface area contributed by atoms with Gasteiger partial charge in [-0.3, -0.25) is 4.79 Å². The third-order valence-electron chi connectivity index (χ3n) is 4.32. The molecular weight excluding hydrogens is 414 g/mol. The Labute approximate surface area is 183 Å². The molecule has 0 unspecified atom stereocenters. The van der Waals surface area contributed by atoms with Crippen LogP contribution < -0.4 is 10.0 Å². The molecule has 0 saturated carbocycles. The highest BCUT2D eigenvalue weighted by molar-refractivity contribution is 7.89. The largest absolute Gasteiger partial charge is 0.441 e. The Morgan fingerprint density at radius 1 is 1.10 bits per heavy atom. The van der Waals surface area contributed by atoms with Crippen molar-refractivity contribution in [3.63, 3.8) is 0 Å². The minimum atomic E-state index is -3.68. The molecule has 0 aliphatic rings. The van der Waals surface area contributed by atoms with E-state index in [1.807, 2.05) is 31.2 Å². The smallest absolute Gasteiger partial charge is 0.241 e. The predicted molar refractivity (Wildman–Crippen MR) is 120 cm³/mol. The molecule has 0 aliphatic heterocycles. The van der Waals surface area contributed by atoms with Crippen LogP contribution in [0, 0.1) is 6.92 Å². The molecule has 3 aromatic rings. The second-order valence-corrected chi connectivity index (χ2v) is 10.1. The Morgan fingerprint density at radius 2 is 1.81 bits per heavy atom. The number of hydrogen-bond acceptors (Lipinski definition) is 5. The van der Waals surface area contributed by atoms with Crippen LogP contribution >= 0.6 is 0 Å². The number of anilines is 1. The first-order chi connectivity index (χ1) is 14.5. The van der Waals surface area contributed by atoms with Gasteiger partial charge in [-0.25, -0.2) is 18.1 Å². The zero-order chi connectivity index (χ0) is 22.6. The van der Waals surface area contributed by atoms with Gasteiger partial charge in [0, 0.05) is 29.6 Å². The number of rotatable bonds is 7. The highest BCUT2D eigenvalue weighted by Gasteiger charge is 2.22. The van der Waals surface area contributed by atoms with Crippen molar-refractivity contribution in [3.05, 3.63) is 66.2 Å². The highest BCUT2D eigenvalue weighted by atomic mass is 32.2. The summed E-state index contributed by atoms with van der Waals surface area (Å²) in [6, 6.07) is 14.1. The van der Waals surface area contributed by atoms with Gasteiger partial charge >= 0.3 is 0 Å². The van der Waals surface area contributed by atoms with Gasteiger partial charge < -0.3 is 9.73 Å². The maximum Gasteiger partial charge on any atom is 0.241 e. The second kappa shape index (κ2) is 9.03. The molecule has 164 valence electrons. The molecule has 31 heavy (non-hydrogen) atoms. The van der Waals surface area contributed by atoms with E-state index in [2.05, 4.69) is 15.0 Å². The molecule has 7 nitrogen and oxygen atoms in total. The van der Waals surface area contributed by atoms with E-state index >= 15 is 0 Å². The Hall–Kier alpha value is -2.97. The fourth-order valence-electron chi connectivity index (χ4n) is 2.92. The number of sulfonamides is 1. The average Bonchev–Trinajstić information content (AvgIpc) is 3.14. The van der Waals surface area contributed by atoms with E-state index in [9.17, 15) is 13.2 Å². The summed E-state index contributed by atoms with van der Waals surface area (Å²) in [5.74, 6) is 0.865. The quantitative estimate of drug-likeness (QED) is 0.569. The molecule has 1 heterocycles. The molecule has 1 amide bonds. The number of aromatic nitrogens is 1. The van der Waals surface area contributed by atoms with E-state index in [1.54, 1.807) is 39.1 Å². The fourth-order valence-corrected chi connectivity index (χ4v) is 4.39. The van der Waals surface area contributed by atoms with Crippen LogP contribution in [0.25, 0.3) is 11.3 Å². The van der Waals surface area contributed by atoms with Crippen LogP contribution in [0.4, 0.5) is 5.69 Å². The molecule has 1 aromatic heterocycles. The van der Waals surface area contributed by atoms with Crippen LogP contribution in [0.1, 0.15) is 38.6 Å². The average molecular weight is 442 g/mol. The molecule has 2 N–H and O–H groups in total. The van der Waals surface area contributed by atoms with Crippen molar-refractivity contribution in [3.8, 4) is 11.3 Å². The van der Waals surface area contributed by atoms with Crippen LogP contribution in [0.15, 0.2) is 64.0 Å². The fraction of sp³-hybridized carbons (Fsp3) is 0.304. The monoisotopic (exact) mass is 441 g/mol. The van der Waals surface area contributed by atoms with Crippen LogP contribution in [-0.4, -0.2) is 24.8 Å². The van der Waals surface area contributed by atoms with Crippen LogP contribution in [0.5, 0.6) is 0 Å². The molecule has 2 aromatic carbocycles. The standard InChI is InChI=1S/C23H27N3O4S/c1-16-8-10-17(11-9-16)20-15-24-22(30-20)13-12-21(27)25-18-6-5-7-19(14-18)31(28,29)26-23(2,3)4/h5-11,14-15,26H,12-13H2,1-4H3,(H,25,27). The number of hydrogen-bond donors (Lipinski definition) is 2. The molecule has 0 spiro atoms. The minimum absolute atomic E-state index is 0.0932. The molecule has 8 heteroatoms. The number of amides is 1. The Bertz CT molecular complexity index is 1160. The van der Waals surface area contributed by atoms with Gasteiger partial charge in [-0.2, -0.15) is 0 Å². The third-order valence-corrected chi connectivity index (χ3v) is 6.08. The lowest BCUT2D eigenvalue weighted by Gasteiger charge is -2.20. The summed E-state index contributed by atoms with van der Waals surface area (Å²) in [4.78, 5) is 16.7. The SMILES string of the molecule is Cc1ccc(-c2cnc(CCC(=O)Nc3cccc(S(=O)(=O)NC(C)(C)C)c3)o2)cc1. The molecule has 0 fully saturated rings. The van der Waals surface area contributed by atoms with Crippen LogP contribution in [0.3, 0.4) is 0 Å². The van der Waals surface area contributed by atoms with Gasteiger partial charge in [0.25, 0.3) is 0 Å². The van der Waals surface area contributed by atoms with E-state index in [4.69, 9.17) is 4.42 Å². The van der Waals surface area contributed by atoms with E-state index in [-0.39, 0.29) is 17.2 Å². The van der Waals surface area contributed by atoms with Gasteiger partial charge in [-0.1, -0.05) is 35.9 Å². The molecular formula is C23H27N3O4S. The Morgan fingerprint density at radius 3 is 2.48 bits per heavy atom. The normalized spacial score (nSPS) is 12.0. The van der Waals surface area contributed by atoms with Gasteiger partial charge in [0.05, 0.1) is 11.1 Å². The highest BCUT2D eigenvalue weighted by Crippen LogP contribution is 2.22. The first-order valence-corrected chi connectivity index (χ1v) is 11.5. The first kappa shape index (κ1) is 22.7. The summed E-state index contributed by atoms with van der Waals surface area (Å²) >= 11 is 0. The summed E-state index contributed by atoms with van der Waals surface area (Å²) in [5.41, 5.74) is 1.89.